The highest BCUT2D eigenvalue weighted by molar-refractivity contribution is 5.97. The largest absolute Gasteiger partial charge is 0.504 e. The van der Waals surface area contributed by atoms with Gasteiger partial charge in [-0.2, -0.15) is 0 Å². The number of aromatic hydroxyl groups is 3. The van der Waals surface area contributed by atoms with Gasteiger partial charge in [-0.05, 0) is 31.2 Å². The minimum Gasteiger partial charge on any atom is -0.504 e. The predicted molar refractivity (Wildman–Crippen MR) is 139 cm³/mol. The van der Waals surface area contributed by atoms with E-state index in [2.05, 4.69) is 0 Å². The van der Waals surface area contributed by atoms with Gasteiger partial charge in [0, 0.05) is 6.07 Å². The van der Waals surface area contributed by atoms with E-state index >= 15 is 0 Å². The van der Waals surface area contributed by atoms with E-state index in [1.807, 2.05) is 0 Å². The summed E-state index contributed by atoms with van der Waals surface area (Å²) in [7, 11) is 1.37. The van der Waals surface area contributed by atoms with Crippen molar-refractivity contribution in [3.05, 3.63) is 41.5 Å². The zero-order valence-electron chi connectivity index (χ0n) is 22.9. The van der Waals surface area contributed by atoms with Crippen LogP contribution in [0.3, 0.4) is 0 Å². The molecule has 2 aromatic carbocycles. The summed E-state index contributed by atoms with van der Waals surface area (Å²) >= 11 is 0. The topological polar surface area (TPSA) is 251 Å². The number of phenolic OH excluding ortho intramolecular Hbond substituents is 3. The van der Waals surface area contributed by atoms with Gasteiger partial charge in [-0.1, -0.05) is 0 Å². The molecule has 0 aromatic heterocycles. The first kappa shape index (κ1) is 32.2. The maximum atomic E-state index is 12.9. The number of hydrogen-bond donors (Lipinski definition) is 8. The Morgan fingerprint density at radius 1 is 1.02 bits per heavy atom. The summed E-state index contributed by atoms with van der Waals surface area (Å²) in [5, 5.41) is 81.0. The Balaban J connectivity index is 1.60. The number of benzene rings is 2. The lowest BCUT2D eigenvalue weighted by molar-refractivity contribution is -0.288. The summed E-state index contributed by atoms with van der Waals surface area (Å²) in [6.07, 6.45) is -11.9. The number of carbonyl (C=O) groups excluding carboxylic acids is 2. The van der Waals surface area contributed by atoms with Crippen LogP contribution >= 0.6 is 0 Å². The zero-order chi connectivity index (χ0) is 31.6. The highest BCUT2D eigenvalue weighted by atomic mass is 16.7. The average Bonchev–Trinajstić information content (AvgIpc) is 3.27. The Morgan fingerprint density at radius 3 is 2.28 bits per heavy atom. The second-order valence-electron chi connectivity index (χ2n) is 10.0. The van der Waals surface area contributed by atoms with Crippen molar-refractivity contribution in [1.82, 2.24) is 0 Å². The maximum absolute atomic E-state index is 12.9. The molecule has 16 nitrogen and oxygen atoms in total. The number of Topliss-reactive ketones (excluding diaryl/α,β-unsaturated/α-hetero) is 1. The third-order valence-corrected chi connectivity index (χ3v) is 7.00. The smallest absolute Gasteiger partial charge is 0.338 e. The van der Waals surface area contributed by atoms with E-state index in [9.17, 15) is 50.4 Å². The van der Waals surface area contributed by atoms with Crippen LogP contribution in [0.25, 0.3) is 0 Å². The molecular formula is C27H32O16. The molecule has 0 unspecified atom stereocenters. The standard InChI is InChI=1S/C27H32O16/c1-11(29)14-4-3-13(38-2)7-17(14)41-25-21(34)20(33)22(43-24(36)12-5-15(30)19(32)16(31)6-12)18(42-25)8-39-26-23(35)27(37,9-28)10-40-26/h3-7,18,20-23,25-26,28,30-35,37H,8-10H2,1-2H3/t18-,20-,21-,22-,23+,25+,26-,27-/m1/s1. The van der Waals surface area contributed by atoms with Crippen LogP contribution in [0.5, 0.6) is 28.7 Å². The molecule has 8 atom stereocenters. The fourth-order valence-corrected chi connectivity index (χ4v) is 4.46. The SMILES string of the molecule is COc1ccc(C(C)=O)c(O[C@H]2O[C@H](CO[C@@H]3OC[C@](O)(CO)[C@H]3O)[C@@H](OC(=O)c3cc(O)c(O)c(O)c3)[C@H](O)[C@H]2O)c1. The zero-order valence-corrected chi connectivity index (χ0v) is 22.9. The van der Waals surface area contributed by atoms with E-state index in [0.29, 0.717) is 5.75 Å². The van der Waals surface area contributed by atoms with Gasteiger partial charge in [-0.15, -0.1) is 0 Å². The molecule has 2 heterocycles. The summed E-state index contributed by atoms with van der Waals surface area (Å²) in [6.45, 7) is -0.675. The Morgan fingerprint density at radius 2 is 1.70 bits per heavy atom. The van der Waals surface area contributed by atoms with Crippen LogP contribution in [-0.2, 0) is 18.9 Å². The molecule has 0 spiro atoms. The summed E-state index contributed by atoms with van der Waals surface area (Å²) in [5.41, 5.74) is -2.38. The van der Waals surface area contributed by atoms with Gasteiger partial charge in [-0.25, -0.2) is 4.79 Å². The van der Waals surface area contributed by atoms with Gasteiger partial charge < -0.3 is 69.3 Å². The molecule has 0 amide bonds. The molecule has 2 saturated heterocycles. The molecule has 2 aliphatic rings. The van der Waals surface area contributed by atoms with Gasteiger partial charge in [0.05, 0.1) is 38.1 Å². The molecule has 0 aliphatic carbocycles. The second kappa shape index (κ2) is 12.9. The lowest BCUT2D eigenvalue weighted by atomic mass is 9.98. The van der Waals surface area contributed by atoms with Crippen LogP contribution in [0.15, 0.2) is 30.3 Å². The fraction of sp³-hybridized carbons (Fsp3) is 0.481. The van der Waals surface area contributed by atoms with Crippen LogP contribution in [0.4, 0.5) is 0 Å². The third kappa shape index (κ3) is 6.61. The Kier molecular flexibility index (Phi) is 9.63. The lowest BCUT2D eigenvalue weighted by Gasteiger charge is -2.42. The van der Waals surface area contributed by atoms with Crippen molar-refractivity contribution in [1.29, 1.82) is 0 Å². The molecule has 0 radical (unpaired) electrons. The van der Waals surface area contributed by atoms with Crippen LogP contribution in [0.2, 0.25) is 0 Å². The van der Waals surface area contributed by atoms with Crippen molar-refractivity contribution in [3.8, 4) is 28.7 Å². The van der Waals surface area contributed by atoms with Crippen molar-refractivity contribution < 1.29 is 78.9 Å². The van der Waals surface area contributed by atoms with Crippen LogP contribution in [-0.4, -0.2) is 128 Å². The molecule has 0 saturated carbocycles. The molecule has 2 aromatic rings. The number of hydrogen-bond acceptors (Lipinski definition) is 16. The van der Waals surface area contributed by atoms with Crippen LogP contribution < -0.4 is 9.47 Å². The van der Waals surface area contributed by atoms with E-state index in [-0.39, 0.29) is 11.3 Å². The monoisotopic (exact) mass is 612 g/mol. The minimum absolute atomic E-state index is 0.0733. The number of aliphatic hydroxyl groups excluding tert-OH is 4. The van der Waals surface area contributed by atoms with Gasteiger partial charge in [0.1, 0.15) is 41.5 Å². The Bertz CT molecular complexity index is 1310. The van der Waals surface area contributed by atoms with Crippen molar-refractivity contribution in [2.75, 3.05) is 26.9 Å². The molecule has 236 valence electrons. The average molecular weight is 613 g/mol. The van der Waals surface area contributed by atoms with Crippen molar-refractivity contribution >= 4 is 11.8 Å². The van der Waals surface area contributed by atoms with Gasteiger partial charge in [0.2, 0.25) is 6.29 Å². The number of phenols is 3. The maximum Gasteiger partial charge on any atom is 0.338 e. The predicted octanol–water partition coefficient (Wildman–Crippen LogP) is -1.48. The molecule has 43 heavy (non-hydrogen) atoms. The Labute approximate surface area is 243 Å². The van der Waals surface area contributed by atoms with Crippen molar-refractivity contribution in [3.63, 3.8) is 0 Å². The van der Waals surface area contributed by atoms with Gasteiger partial charge in [0.15, 0.2) is 35.4 Å². The first-order valence-electron chi connectivity index (χ1n) is 12.9. The highest BCUT2D eigenvalue weighted by Gasteiger charge is 2.51. The Hall–Kier alpha value is -3.74. The fourth-order valence-electron chi connectivity index (χ4n) is 4.46. The van der Waals surface area contributed by atoms with E-state index in [1.165, 1.54) is 32.2 Å². The highest BCUT2D eigenvalue weighted by Crippen LogP contribution is 2.37. The van der Waals surface area contributed by atoms with Crippen molar-refractivity contribution in [2.24, 2.45) is 0 Å². The molecule has 16 heteroatoms. The van der Waals surface area contributed by atoms with Crippen molar-refractivity contribution in [2.45, 2.75) is 55.6 Å². The molecular weight excluding hydrogens is 580 g/mol. The number of esters is 1. The second-order valence-corrected chi connectivity index (χ2v) is 10.0. The summed E-state index contributed by atoms with van der Waals surface area (Å²) in [5.74, 6) is -3.99. The molecule has 0 bridgehead atoms. The number of aliphatic hydroxyl groups is 5. The number of ketones is 1. The number of carbonyl (C=O) groups is 2. The minimum atomic E-state index is -2.02. The third-order valence-electron chi connectivity index (χ3n) is 7.00. The quantitative estimate of drug-likeness (QED) is 0.0865. The van der Waals surface area contributed by atoms with E-state index in [0.717, 1.165) is 12.1 Å². The van der Waals surface area contributed by atoms with E-state index < -0.39 is 103 Å². The van der Waals surface area contributed by atoms with Gasteiger partial charge >= 0.3 is 5.97 Å². The number of ether oxygens (including phenoxy) is 6. The molecule has 2 aliphatic heterocycles. The van der Waals surface area contributed by atoms with Crippen LogP contribution in [0, 0.1) is 0 Å². The van der Waals surface area contributed by atoms with Gasteiger partial charge in [-0.3, -0.25) is 4.79 Å². The first-order valence-corrected chi connectivity index (χ1v) is 12.9. The number of methoxy groups -OCH3 is 1. The number of rotatable bonds is 10. The lowest BCUT2D eigenvalue weighted by Crippen LogP contribution is -2.61. The summed E-state index contributed by atoms with van der Waals surface area (Å²) in [4.78, 5) is 25.1. The normalized spacial score (nSPS) is 30.5. The summed E-state index contributed by atoms with van der Waals surface area (Å²) < 4.78 is 32.8. The van der Waals surface area contributed by atoms with E-state index in [1.54, 1.807) is 0 Å². The summed E-state index contributed by atoms with van der Waals surface area (Å²) in [6, 6.07) is 5.83. The van der Waals surface area contributed by atoms with Gasteiger partial charge in [0.25, 0.3) is 0 Å². The molecule has 2 fully saturated rings. The van der Waals surface area contributed by atoms with Crippen LogP contribution in [0.1, 0.15) is 27.6 Å². The molecule has 8 N–H and O–H groups in total. The first-order chi connectivity index (χ1) is 20.3. The molecule has 4 rings (SSSR count). The van der Waals surface area contributed by atoms with E-state index in [4.69, 9.17) is 28.4 Å².